The Morgan fingerprint density at radius 2 is 1.94 bits per heavy atom. The highest BCUT2D eigenvalue weighted by Crippen LogP contribution is 2.14. The topological polar surface area (TPSA) is 61.7 Å². The minimum atomic E-state index is -0.391. The molecule has 86 valence electrons. The van der Waals surface area contributed by atoms with Gasteiger partial charge in [0.2, 0.25) is 0 Å². The normalized spacial score (nSPS) is 9.62. The van der Waals surface area contributed by atoms with Gasteiger partial charge in [0, 0.05) is 5.71 Å². The van der Waals surface area contributed by atoms with Gasteiger partial charge in [-0.15, -0.1) is 0 Å². The molecular weight excluding hydrogens is 204 g/mol. The Balaban J connectivity index is 2.74. The van der Waals surface area contributed by atoms with Gasteiger partial charge in [-0.2, -0.15) is 5.10 Å². The zero-order valence-electron chi connectivity index (χ0n) is 9.53. The molecule has 4 nitrogen and oxygen atoms in total. The highest BCUT2D eigenvalue weighted by Gasteiger charge is 2.08. The Morgan fingerprint density at radius 3 is 2.50 bits per heavy atom. The molecule has 0 atom stereocenters. The number of amides is 1. The molecule has 0 aliphatic carbocycles. The van der Waals surface area contributed by atoms with Crippen molar-refractivity contribution in [2.45, 2.75) is 26.7 Å². The van der Waals surface area contributed by atoms with Crippen LogP contribution in [-0.2, 0) is 0 Å². The third-order valence-electron chi connectivity index (χ3n) is 2.28. The van der Waals surface area contributed by atoms with Gasteiger partial charge in [0.05, 0.1) is 5.56 Å². The first-order chi connectivity index (χ1) is 7.69. The van der Waals surface area contributed by atoms with Crippen LogP contribution >= 0.6 is 0 Å². The van der Waals surface area contributed by atoms with E-state index in [4.69, 9.17) is 0 Å². The number of hydrazone groups is 1. The molecule has 1 amide bonds. The molecule has 1 aromatic rings. The monoisotopic (exact) mass is 220 g/mol. The number of hydrogen-bond donors (Lipinski definition) is 2. The molecule has 4 heteroatoms. The molecule has 1 aromatic carbocycles. The Labute approximate surface area is 95.0 Å². The van der Waals surface area contributed by atoms with E-state index in [2.05, 4.69) is 10.5 Å². The van der Waals surface area contributed by atoms with Crippen LogP contribution in [0.1, 0.15) is 37.0 Å². The number of rotatable bonds is 4. The first kappa shape index (κ1) is 12.2. The van der Waals surface area contributed by atoms with Crippen LogP contribution < -0.4 is 5.43 Å². The largest absolute Gasteiger partial charge is 0.507 e. The van der Waals surface area contributed by atoms with Gasteiger partial charge in [-0.3, -0.25) is 4.79 Å². The van der Waals surface area contributed by atoms with Crippen molar-refractivity contribution in [3.8, 4) is 5.75 Å². The van der Waals surface area contributed by atoms with Crippen LogP contribution in [0.25, 0.3) is 0 Å². The van der Waals surface area contributed by atoms with E-state index in [9.17, 15) is 9.90 Å². The van der Waals surface area contributed by atoms with E-state index in [0.717, 1.165) is 18.6 Å². The zero-order chi connectivity index (χ0) is 12.0. The van der Waals surface area contributed by atoms with Crippen LogP contribution in [-0.4, -0.2) is 16.7 Å². The average molecular weight is 220 g/mol. The number of nitrogens with one attached hydrogen (secondary N) is 1. The minimum Gasteiger partial charge on any atom is -0.507 e. The van der Waals surface area contributed by atoms with Crippen LogP contribution in [0, 0.1) is 0 Å². The maximum absolute atomic E-state index is 11.6. The fraction of sp³-hybridized carbons (Fsp3) is 0.333. The van der Waals surface area contributed by atoms with Crippen molar-refractivity contribution in [1.29, 1.82) is 0 Å². The zero-order valence-corrected chi connectivity index (χ0v) is 9.53. The first-order valence-electron chi connectivity index (χ1n) is 5.32. The van der Waals surface area contributed by atoms with Crippen molar-refractivity contribution in [2.24, 2.45) is 5.10 Å². The predicted octanol–water partition coefficient (Wildman–Crippen LogP) is 2.30. The van der Waals surface area contributed by atoms with Crippen molar-refractivity contribution in [3.05, 3.63) is 29.8 Å². The molecule has 0 saturated carbocycles. The van der Waals surface area contributed by atoms with Crippen molar-refractivity contribution < 1.29 is 9.90 Å². The van der Waals surface area contributed by atoms with Gasteiger partial charge in [0.15, 0.2) is 0 Å². The molecule has 0 spiro atoms. The number of para-hydroxylation sites is 1. The molecule has 0 heterocycles. The highest BCUT2D eigenvalue weighted by molar-refractivity contribution is 5.97. The lowest BCUT2D eigenvalue weighted by molar-refractivity contribution is 0.0952. The lowest BCUT2D eigenvalue weighted by Gasteiger charge is -2.04. The molecule has 0 fully saturated rings. The summed E-state index contributed by atoms with van der Waals surface area (Å²) in [4.78, 5) is 11.6. The number of benzene rings is 1. The molecule has 0 saturated heterocycles. The van der Waals surface area contributed by atoms with E-state index < -0.39 is 5.91 Å². The number of carbonyl (C=O) groups excluding carboxylic acids is 1. The summed E-state index contributed by atoms with van der Waals surface area (Å²) in [6.07, 6.45) is 1.61. The summed E-state index contributed by atoms with van der Waals surface area (Å²) in [7, 11) is 0. The minimum absolute atomic E-state index is 0.0373. The summed E-state index contributed by atoms with van der Waals surface area (Å²) in [5, 5.41) is 13.4. The number of hydrogen-bond acceptors (Lipinski definition) is 3. The Hall–Kier alpha value is -1.84. The lowest BCUT2D eigenvalue weighted by Crippen LogP contribution is -2.19. The molecule has 0 aliphatic heterocycles. The lowest BCUT2D eigenvalue weighted by atomic mass is 10.2. The molecular formula is C12H16N2O2. The van der Waals surface area contributed by atoms with Crippen LogP contribution in [0.4, 0.5) is 0 Å². The third kappa shape index (κ3) is 3.08. The number of nitrogens with zero attached hydrogens (tertiary/aromatic N) is 1. The van der Waals surface area contributed by atoms with E-state index in [1.807, 2.05) is 13.8 Å². The molecule has 0 aliphatic rings. The van der Waals surface area contributed by atoms with Crippen molar-refractivity contribution >= 4 is 11.6 Å². The summed E-state index contributed by atoms with van der Waals surface area (Å²) in [5.41, 5.74) is 3.58. The van der Waals surface area contributed by atoms with Gasteiger partial charge in [0.1, 0.15) is 5.75 Å². The van der Waals surface area contributed by atoms with E-state index in [1.165, 1.54) is 6.07 Å². The van der Waals surface area contributed by atoms with E-state index in [0.29, 0.717) is 0 Å². The van der Waals surface area contributed by atoms with Crippen LogP contribution in [0.15, 0.2) is 29.4 Å². The van der Waals surface area contributed by atoms with Gasteiger partial charge >= 0.3 is 0 Å². The Kier molecular flexibility index (Phi) is 4.51. The summed E-state index contributed by atoms with van der Waals surface area (Å²) in [6.45, 7) is 3.96. The summed E-state index contributed by atoms with van der Waals surface area (Å²) in [5.74, 6) is -0.428. The van der Waals surface area contributed by atoms with Crippen LogP contribution in [0.2, 0.25) is 0 Å². The molecule has 2 N–H and O–H groups in total. The molecule has 0 aromatic heterocycles. The van der Waals surface area contributed by atoms with E-state index >= 15 is 0 Å². The Bertz CT molecular complexity index is 394. The maximum atomic E-state index is 11.6. The molecule has 1 rings (SSSR count). The van der Waals surface area contributed by atoms with Crippen LogP contribution in [0.5, 0.6) is 5.75 Å². The molecule has 0 unspecified atom stereocenters. The van der Waals surface area contributed by atoms with Gasteiger partial charge in [-0.25, -0.2) is 5.43 Å². The fourth-order valence-corrected chi connectivity index (χ4v) is 1.26. The predicted molar refractivity (Wildman–Crippen MR) is 63.6 cm³/mol. The Morgan fingerprint density at radius 1 is 1.31 bits per heavy atom. The summed E-state index contributed by atoms with van der Waals surface area (Å²) < 4.78 is 0. The smallest absolute Gasteiger partial charge is 0.275 e. The number of carbonyl (C=O) groups is 1. The molecule has 0 radical (unpaired) electrons. The molecule has 0 bridgehead atoms. The quantitative estimate of drug-likeness (QED) is 0.604. The van der Waals surface area contributed by atoms with E-state index in [1.54, 1.807) is 18.2 Å². The standard InChI is InChI=1S/C12H16N2O2/c1-3-9(4-2)13-14-12(16)10-7-5-6-8-11(10)15/h5-8,15H,3-4H2,1-2H3,(H,14,16). The number of phenolic OH excluding ortho intramolecular Hbond substituents is 1. The third-order valence-corrected chi connectivity index (χ3v) is 2.28. The second kappa shape index (κ2) is 5.90. The van der Waals surface area contributed by atoms with E-state index in [-0.39, 0.29) is 11.3 Å². The van der Waals surface area contributed by atoms with Gasteiger partial charge in [-0.1, -0.05) is 26.0 Å². The van der Waals surface area contributed by atoms with Gasteiger partial charge in [-0.05, 0) is 25.0 Å². The van der Waals surface area contributed by atoms with Crippen molar-refractivity contribution in [3.63, 3.8) is 0 Å². The second-order valence-electron chi connectivity index (χ2n) is 3.34. The summed E-state index contributed by atoms with van der Waals surface area (Å²) >= 11 is 0. The average Bonchev–Trinajstić information content (AvgIpc) is 2.30. The van der Waals surface area contributed by atoms with Crippen LogP contribution in [0.3, 0.4) is 0 Å². The number of phenols is 1. The highest BCUT2D eigenvalue weighted by atomic mass is 16.3. The SMILES string of the molecule is CCC(CC)=NNC(=O)c1ccccc1O. The first-order valence-corrected chi connectivity index (χ1v) is 5.32. The maximum Gasteiger partial charge on any atom is 0.275 e. The van der Waals surface area contributed by atoms with Gasteiger partial charge in [0.25, 0.3) is 5.91 Å². The summed E-state index contributed by atoms with van der Waals surface area (Å²) in [6, 6.07) is 6.38. The fourth-order valence-electron chi connectivity index (χ4n) is 1.26. The van der Waals surface area contributed by atoms with Crippen molar-refractivity contribution in [2.75, 3.05) is 0 Å². The number of aromatic hydroxyl groups is 1. The van der Waals surface area contributed by atoms with Crippen molar-refractivity contribution in [1.82, 2.24) is 5.43 Å². The molecule has 16 heavy (non-hydrogen) atoms. The van der Waals surface area contributed by atoms with Gasteiger partial charge < -0.3 is 5.11 Å². The second-order valence-corrected chi connectivity index (χ2v) is 3.34.